The van der Waals surface area contributed by atoms with Crippen molar-refractivity contribution < 1.29 is 8.95 Å². The molecule has 0 radical (unpaired) electrons. The number of benzene rings is 2. The molecule has 148 valence electrons. The molecular weight excluding hydrogens is 430 g/mol. The number of aromatic nitrogens is 1. The monoisotopic (exact) mass is 457 g/mol. The lowest BCUT2D eigenvalue weighted by atomic mass is 9.89. The lowest BCUT2D eigenvalue weighted by molar-refractivity contribution is 0.142. The maximum absolute atomic E-state index is 6.85. The molecule has 1 unspecified atom stereocenters. The Bertz CT molecular complexity index is 806. The first-order chi connectivity index (χ1) is 13.5. The van der Waals surface area contributed by atoms with Gasteiger partial charge in [-0.15, -0.1) is 0 Å². The fourth-order valence-corrected chi connectivity index (χ4v) is 5.86. The van der Waals surface area contributed by atoms with Crippen LogP contribution in [0, 0.1) is 5.41 Å². The molecule has 0 saturated carbocycles. The number of nitrogens with zero attached hydrogens (tertiary/aromatic N) is 1. The van der Waals surface area contributed by atoms with E-state index < -0.39 is 9.04 Å². The van der Waals surface area contributed by atoms with Gasteiger partial charge in [0.25, 0.3) is 0 Å². The van der Waals surface area contributed by atoms with E-state index in [0.29, 0.717) is 5.33 Å². The van der Waals surface area contributed by atoms with Crippen LogP contribution < -0.4 is 10.4 Å². The molecule has 3 aromatic rings. The van der Waals surface area contributed by atoms with Crippen molar-refractivity contribution >= 4 is 35.3 Å². The predicted molar refractivity (Wildman–Crippen MR) is 121 cm³/mol. The van der Waals surface area contributed by atoms with Gasteiger partial charge in [0.15, 0.2) is 5.76 Å². The minimum atomic E-state index is -1.86. The Hall–Kier alpha value is -1.69. The fourth-order valence-electron chi connectivity index (χ4n) is 3.15. The van der Waals surface area contributed by atoms with Gasteiger partial charge in [0.2, 0.25) is 9.04 Å². The van der Waals surface area contributed by atoms with Crippen LogP contribution in [-0.4, -0.2) is 14.2 Å². The van der Waals surface area contributed by atoms with Crippen molar-refractivity contribution in [3.8, 4) is 0 Å². The quantitative estimate of drug-likeness (QED) is 0.352. The summed E-state index contributed by atoms with van der Waals surface area (Å²) in [5, 5.41) is 7.39. The minimum absolute atomic E-state index is 0.100. The smallest absolute Gasteiger partial charge is 0.240 e. The van der Waals surface area contributed by atoms with Crippen LogP contribution in [0.5, 0.6) is 0 Å². The van der Waals surface area contributed by atoms with E-state index in [0.717, 1.165) is 24.3 Å². The van der Waals surface area contributed by atoms with Crippen molar-refractivity contribution in [3.63, 3.8) is 0 Å². The van der Waals surface area contributed by atoms with Crippen LogP contribution in [0.4, 0.5) is 0 Å². The second-order valence-corrected chi connectivity index (χ2v) is 11.2. The van der Waals surface area contributed by atoms with Crippen molar-refractivity contribution in [1.29, 1.82) is 0 Å². The maximum Gasteiger partial charge on any atom is 0.240 e. The zero-order chi connectivity index (χ0) is 20.0. The van der Waals surface area contributed by atoms with Crippen LogP contribution in [0.3, 0.4) is 0 Å². The highest BCUT2D eigenvalue weighted by Crippen LogP contribution is 2.31. The highest BCUT2D eigenvalue weighted by Gasteiger charge is 2.27. The van der Waals surface area contributed by atoms with Gasteiger partial charge in [-0.25, -0.2) is 0 Å². The van der Waals surface area contributed by atoms with Gasteiger partial charge in [-0.05, 0) is 28.6 Å². The summed E-state index contributed by atoms with van der Waals surface area (Å²) in [6.45, 7) is 6.78. The summed E-state index contributed by atoms with van der Waals surface area (Å²) >= 11 is 3.46. The second kappa shape index (κ2) is 9.68. The molecule has 0 fully saturated rings. The van der Waals surface area contributed by atoms with Gasteiger partial charge in [0.05, 0.1) is 5.69 Å². The molecule has 28 heavy (non-hydrogen) atoms. The Morgan fingerprint density at radius 1 is 1.00 bits per heavy atom. The van der Waals surface area contributed by atoms with Gasteiger partial charge < -0.3 is 8.95 Å². The van der Waals surface area contributed by atoms with E-state index in [2.05, 4.69) is 103 Å². The van der Waals surface area contributed by atoms with Gasteiger partial charge in [-0.1, -0.05) is 103 Å². The van der Waals surface area contributed by atoms with Crippen LogP contribution in [0.2, 0.25) is 0 Å². The molecule has 1 heterocycles. The normalized spacial score (nSPS) is 13.0. The molecule has 0 bridgehead atoms. The zero-order valence-electron chi connectivity index (χ0n) is 16.8. The number of halogens is 1. The Labute approximate surface area is 178 Å². The van der Waals surface area contributed by atoms with Gasteiger partial charge in [0.1, 0.15) is 6.10 Å². The van der Waals surface area contributed by atoms with Crippen LogP contribution in [0.15, 0.2) is 71.3 Å². The summed E-state index contributed by atoms with van der Waals surface area (Å²) in [6, 6.07) is 23.2. The second-order valence-electron chi connectivity index (χ2n) is 8.28. The van der Waals surface area contributed by atoms with E-state index in [-0.39, 0.29) is 11.5 Å². The summed E-state index contributed by atoms with van der Waals surface area (Å²) in [7, 11) is -1.86. The van der Waals surface area contributed by atoms with Crippen molar-refractivity contribution in [2.75, 3.05) is 0 Å². The number of rotatable bonds is 8. The summed E-state index contributed by atoms with van der Waals surface area (Å²) < 4.78 is 12.5. The fraction of sp³-hybridized carbons (Fsp3) is 0.348. The first-order valence-corrected chi connectivity index (χ1v) is 12.5. The Kier molecular flexibility index (Phi) is 7.27. The van der Waals surface area contributed by atoms with E-state index in [4.69, 9.17) is 8.95 Å². The highest BCUT2D eigenvalue weighted by atomic mass is 79.9. The van der Waals surface area contributed by atoms with Crippen molar-refractivity contribution in [1.82, 2.24) is 5.16 Å². The molecule has 0 spiro atoms. The van der Waals surface area contributed by atoms with Crippen LogP contribution in [-0.2, 0) is 9.76 Å². The van der Waals surface area contributed by atoms with Gasteiger partial charge in [-0.3, -0.25) is 0 Å². The molecule has 0 aliphatic heterocycles. The van der Waals surface area contributed by atoms with E-state index in [1.54, 1.807) is 0 Å². The largest absolute Gasteiger partial charge is 0.401 e. The molecule has 1 atom stereocenters. The van der Waals surface area contributed by atoms with Crippen LogP contribution in [0.25, 0.3) is 0 Å². The third-order valence-electron chi connectivity index (χ3n) is 4.69. The number of alkyl halides is 1. The van der Waals surface area contributed by atoms with E-state index in [1.165, 1.54) is 10.4 Å². The summed E-state index contributed by atoms with van der Waals surface area (Å²) in [5.41, 5.74) is 1.13. The zero-order valence-corrected chi connectivity index (χ0v) is 19.5. The molecule has 5 heteroatoms. The molecule has 1 aromatic heterocycles. The third-order valence-corrected chi connectivity index (χ3v) is 7.85. The minimum Gasteiger partial charge on any atom is -0.401 e. The highest BCUT2D eigenvalue weighted by molar-refractivity contribution is 9.08. The topological polar surface area (TPSA) is 35.3 Å². The average Bonchev–Trinajstić information content (AvgIpc) is 3.18. The Balaban J connectivity index is 1.92. The first kappa shape index (κ1) is 21.0. The molecule has 0 saturated heterocycles. The molecule has 0 aliphatic carbocycles. The first-order valence-electron chi connectivity index (χ1n) is 9.73. The van der Waals surface area contributed by atoms with Crippen LogP contribution >= 0.6 is 15.9 Å². The summed E-state index contributed by atoms with van der Waals surface area (Å²) in [6.07, 6.45) is 1.85. The molecule has 3 rings (SSSR count). The maximum atomic E-state index is 6.85. The van der Waals surface area contributed by atoms with Crippen molar-refractivity contribution in [2.45, 2.75) is 45.0 Å². The predicted octanol–water partition coefficient (Wildman–Crippen LogP) is 4.99. The van der Waals surface area contributed by atoms with Crippen molar-refractivity contribution in [2.24, 2.45) is 5.41 Å². The lowest BCUT2D eigenvalue weighted by Crippen LogP contribution is -2.45. The number of hydrogen-bond acceptors (Lipinski definition) is 3. The molecule has 0 aliphatic rings. The van der Waals surface area contributed by atoms with Crippen molar-refractivity contribution in [3.05, 3.63) is 78.2 Å². The van der Waals surface area contributed by atoms with Gasteiger partial charge >= 0.3 is 0 Å². The van der Waals surface area contributed by atoms with Gasteiger partial charge in [0, 0.05) is 11.4 Å². The summed E-state index contributed by atoms with van der Waals surface area (Å²) in [4.78, 5) is 0. The third kappa shape index (κ3) is 5.90. The van der Waals surface area contributed by atoms with Gasteiger partial charge in [-0.2, -0.15) is 0 Å². The Morgan fingerprint density at radius 3 is 2.04 bits per heavy atom. The van der Waals surface area contributed by atoms with Crippen LogP contribution in [0.1, 0.15) is 51.2 Å². The van der Waals surface area contributed by atoms with E-state index in [1.807, 2.05) is 6.07 Å². The number of hydrogen-bond donors (Lipinski definition) is 0. The molecule has 0 amide bonds. The van der Waals surface area contributed by atoms with E-state index in [9.17, 15) is 0 Å². The molecular formula is C23H28BrNO2Si. The molecule has 0 N–H and O–H groups in total. The Morgan fingerprint density at radius 2 is 1.57 bits per heavy atom. The standard InChI is InChI=1S/C23H28BrNO2Si/c1-23(2,3)15-14-21(22-16-18(17-24)25-26-22)27-28(19-10-6-4-7-11-19)20-12-8-5-9-13-20/h4-13,16,21,28H,14-15,17H2,1-3H3. The lowest BCUT2D eigenvalue weighted by Gasteiger charge is -2.26. The summed E-state index contributed by atoms with van der Waals surface area (Å²) in [5.74, 6) is 0.822. The molecule has 3 nitrogen and oxygen atoms in total. The van der Waals surface area contributed by atoms with E-state index >= 15 is 0 Å². The average molecular weight is 458 g/mol. The SMILES string of the molecule is CC(C)(C)CCC(O[SiH](c1ccccc1)c1ccccc1)c1cc(CBr)no1. The molecule has 2 aromatic carbocycles.